The number of nitrogens with zero attached hydrogens (tertiary/aromatic N) is 3. The maximum Gasteiger partial charge on any atom is 0.273 e. The molecule has 3 aromatic rings. The average Bonchev–Trinajstić information content (AvgIpc) is 2.74. The van der Waals surface area contributed by atoms with Gasteiger partial charge in [-0.25, -0.2) is 0 Å². The number of fused-ring (bicyclic) bond motifs is 1. The van der Waals surface area contributed by atoms with E-state index in [-0.39, 0.29) is 5.69 Å². The highest BCUT2D eigenvalue weighted by Gasteiger charge is 2.13. The number of methoxy groups -OCH3 is 1. The molecule has 4 rings (SSSR count). The quantitative estimate of drug-likeness (QED) is 0.513. The van der Waals surface area contributed by atoms with Crippen molar-refractivity contribution in [2.24, 2.45) is 0 Å². The van der Waals surface area contributed by atoms with Crippen LogP contribution in [0.25, 0.3) is 11.3 Å². The Labute approximate surface area is 162 Å². The number of benzene rings is 2. The monoisotopic (exact) mass is 376 g/mol. The second kappa shape index (κ2) is 7.64. The number of ether oxygens (including phenoxy) is 1. The molecule has 0 radical (unpaired) electrons. The molecule has 1 aliphatic rings. The minimum Gasteiger partial charge on any atom is -0.494 e. The number of aryl methyl sites for hydroxylation is 2. The fourth-order valence-electron chi connectivity index (χ4n) is 3.48. The summed E-state index contributed by atoms with van der Waals surface area (Å²) in [6, 6.07) is 14.6. The van der Waals surface area contributed by atoms with Crippen LogP contribution in [0.4, 0.5) is 17.2 Å². The molecule has 28 heavy (non-hydrogen) atoms. The highest BCUT2D eigenvalue weighted by atomic mass is 16.6. The second-order valence-electron chi connectivity index (χ2n) is 6.76. The van der Waals surface area contributed by atoms with Gasteiger partial charge in [0.15, 0.2) is 5.82 Å². The number of nitro benzene ring substituents is 1. The SMILES string of the molecule is COc1cc([N+](=O)[O-])ccc1Nc1ccc(-c2ccc3c(c2)CCCC3)nn1. The van der Waals surface area contributed by atoms with Crippen molar-refractivity contribution in [3.8, 4) is 17.0 Å². The van der Waals surface area contributed by atoms with E-state index in [1.54, 1.807) is 6.07 Å². The first-order valence-electron chi connectivity index (χ1n) is 9.19. The predicted octanol–water partition coefficient (Wildman–Crippen LogP) is 4.68. The van der Waals surface area contributed by atoms with Crippen molar-refractivity contribution in [2.45, 2.75) is 25.7 Å². The molecular weight excluding hydrogens is 356 g/mol. The van der Waals surface area contributed by atoms with E-state index in [0.29, 0.717) is 17.3 Å². The van der Waals surface area contributed by atoms with E-state index in [4.69, 9.17) is 4.74 Å². The molecule has 0 saturated carbocycles. The molecule has 7 heteroatoms. The lowest BCUT2D eigenvalue weighted by molar-refractivity contribution is -0.384. The molecule has 1 aromatic heterocycles. The standard InChI is InChI=1S/C21H20N4O3/c1-28-20-13-17(25(26)27)8-9-19(20)22-21-11-10-18(23-24-21)16-7-6-14-4-2-3-5-15(14)12-16/h6-13H,2-5H2,1H3,(H,22,24). The van der Waals surface area contributed by atoms with E-state index in [9.17, 15) is 10.1 Å². The van der Waals surface area contributed by atoms with Crippen LogP contribution in [0.3, 0.4) is 0 Å². The Kier molecular flexibility index (Phi) is 4.89. The minimum absolute atomic E-state index is 0.0313. The Balaban J connectivity index is 1.55. The Hall–Kier alpha value is -3.48. The summed E-state index contributed by atoms with van der Waals surface area (Å²) in [6.45, 7) is 0. The molecule has 0 bridgehead atoms. The van der Waals surface area contributed by atoms with Gasteiger partial charge >= 0.3 is 0 Å². The summed E-state index contributed by atoms with van der Waals surface area (Å²) in [5.74, 6) is 0.906. The molecule has 0 fully saturated rings. The van der Waals surface area contributed by atoms with Crippen LogP contribution in [0.1, 0.15) is 24.0 Å². The zero-order chi connectivity index (χ0) is 19.5. The molecule has 0 unspecified atom stereocenters. The molecule has 0 amide bonds. The van der Waals surface area contributed by atoms with E-state index in [0.717, 1.165) is 24.1 Å². The molecule has 1 heterocycles. The Morgan fingerprint density at radius 1 is 1.00 bits per heavy atom. The van der Waals surface area contributed by atoms with Crippen molar-refractivity contribution in [1.82, 2.24) is 10.2 Å². The van der Waals surface area contributed by atoms with Crippen molar-refractivity contribution in [1.29, 1.82) is 0 Å². The van der Waals surface area contributed by atoms with Crippen LogP contribution < -0.4 is 10.1 Å². The van der Waals surface area contributed by atoms with Gasteiger partial charge in [-0.05, 0) is 61.1 Å². The number of hydrogen-bond donors (Lipinski definition) is 1. The zero-order valence-corrected chi connectivity index (χ0v) is 15.5. The zero-order valence-electron chi connectivity index (χ0n) is 15.5. The van der Waals surface area contributed by atoms with Crippen LogP contribution >= 0.6 is 0 Å². The van der Waals surface area contributed by atoms with Crippen LogP contribution in [-0.2, 0) is 12.8 Å². The predicted molar refractivity (Wildman–Crippen MR) is 107 cm³/mol. The first kappa shape index (κ1) is 17.9. The largest absolute Gasteiger partial charge is 0.494 e. The van der Waals surface area contributed by atoms with Crippen LogP contribution in [-0.4, -0.2) is 22.2 Å². The van der Waals surface area contributed by atoms with E-state index >= 15 is 0 Å². The van der Waals surface area contributed by atoms with Gasteiger partial charge in [-0.15, -0.1) is 10.2 Å². The van der Waals surface area contributed by atoms with Crippen LogP contribution in [0.5, 0.6) is 5.75 Å². The fourth-order valence-corrected chi connectivity index (χ4v) is 3.48. The topological polar surface area (TPSA) is 90.2 Å². The van der Waals surface area contributed by atoms with Crippen LogP contribution in [0.15, 0.2) is 48.5 Å². The molecule has 0 aliphatic heterocycles. The van der Waals surface area contributed by atoms with E-state index in [1.807, 2.05) is 12.1 Å². The Morgan fingerprint density at radius 3 is 2.54 bits per heavy atom. The van der Waals surface area contributed by atoms with Gasteiger partial charge in [0, 0.05) is 11.6 Å². The minimum atomic E-state index is -0.459. The maximum absolute atomic E-state index is 10.9. The smallest absolute Gasteiger partial charge is 0.273 e. The van der Waals surface area contributed by atoms with Crippen molar-refractivity contribution in [3.05, 3.63) is 69.8 Å². The molecular formula is C21H20N4O3. The molecule has 0 spiro atoms. The summed E-state index contributed by atoms with van der Waals surface area (Å²) >= 11 is 0. The van der Waals surface area contributed by atoms with Gasteiger partial charge in [-0.3, -0.25) is 10.1 Å². The highest BCUT2D eigenvalue weighted by Crippen LogP contribution is 2.31. The summed E-state index contributed by atoms with van der Waals surface area (Å²) in [5.41, 5.74) is 5.28. The fraction of sp³-hybridized carbons (Fsp3) is 0.238. The molecule has 0 atom stereocenters. The number of rotatable bonds is 5. The number of anilines is 2. The molecule has 2 aromatic carbocycles. The summed E-state index contributed by atoms with van der Waals surface area (Å²) in [7, 11) is 1.47. The number of nitrogens with one attached hydrogen (secondary N) is 1. The first-order chi connectivity index (χ1) is 13.6. The number of nitro groups is 1. The molecule has 1 N–H and O–H groups in total. The van der Waals surface area contributed by atoms with E-state index in [2.05, 4.69) is 33.7 Å². The van der Waals surface area contributed by atoms with E-state index in [1.165, 1.54) is 43.2 Å². The van der Waals surface area contributed by atoms with Gasteiger partial charge in [0.1, 0.15) is 5.75 Å². The van der Waals surface area contributed by atoms with Gasteiger partial charge in [0.2, 0.25) is 0 Å². The lowest BCUT2D eigenvalue weighted by Crippen LogP contribution is -2.03. The lowest BCUT2D eigenvalue weighted by atomic mass is 9.90. The van der Waals surface area contributed by atoms with Gasteiger partial charge < -0.3 is 10.1 Å². The summed E-state index contributed by atoms with van der Waals surface area (Å²) in [6.07, 6.45) is 4.78. The number of aromatic nitrogens is 2. The van der Waals surface area contributed by atoms with Crippen LogP contribution in [0, 0.1) is 10.1 Å². The normalized spacial score (nSPS) is 12.9. The third kappa shape index (κ3) is 3.64. The molecule has 1 aliphatic carbocycles. The maximum atomic E-state index is 10.9. The molecule has 0 saturated heterocycles. The number of non-ortho nitro benzene ring substituents is 1. The first-order valence-corrected chi connectivity index (χ1v) is 9.19. The van der Waals surface area contributed by atoms with Crippen molar-refractivity contribution in [3.63, 3.8) is 0 Å². The van der Waals surface area contributed by atoms with Crippen molar-refractivity contribution >= 4 is 17.2 Å². The van der Waals surface area contributed by atoms with Crippen LogP contribution in [0.2, 0.25) is 0 Å². The third-order valence-electron chi connectivity index (χ3n) is 4.97. The van der Waals surface area contributed by atoms with Crippen molar-refractivity contribution < 1.29 is 9.66 Å². The summed E-state index contributed by atoms with van der Waals surface area (Å²) < 4.78 is 5.24. The molecule has 142 valence electrons. The molecule has 7 nitrogen and oxygen atoms in total. The number of hydrogen-bond acceptors (Lipinski definition) is 6. The van der Waals surface area contributed by atoms with Gasteiger partial charge in [-0.1, -0.05) is 12.1 Å². The summed E-state index contributed by atoms with van der Waals surface area (Å²) in [5, 5.41) is 22.6. The van der Waals surface area contributed by atoms with Gasteiger partial charge in [0.05, 0.1) is 29.5 Å². The second-order valence-corrected chi connectivity index (χ2v) is 6.76. The Bertz CT molecular complexity index is 1020. The average molecular weight is 376 g/mol. The van der Waals surface area contributed by atoms with E-state index < -0.39 is 4.92 Å². The van der Waals surface area contributed by atoms with Gasteiger partial charge in [-0.2, -0.15) is 0 Å². The summed E-state index contributed by atoms with van der Waals surface area (Å²) in [4.78, 5) is 10.4. The Morgan fingerprint density at radius 2 is 1.82 bits per heavy atom. The van der Waals surface area contributed by atoms with Gasteiger partial charge in [0.25, 0.3) is 5.69 Å². The third-order valence-corrected chi connectivity index (χ3v) is 4.97. The highest BCUT2D eigenvalue weighted by molar-refractivity contribution is 5.68. The lowest BCUT2D eigenvalue weighted by Gasteiger charge is -2.16. The van der Waals surface area contributed by atoms with Crippen molar-refractivity contribution in [2.75, 3.05) is 12.4 Å².